The summed E-state index contributed by atoms with van der Waals surface area (Å²) in [6.45, 7) is 0.800. The first-order valence-electron chi connectivity index (χ1n) is 7.17. The van der Waals surface area contributed by atoms with Gasteiger partial charge in [0.1, 0.15) is 5.76 Å². The molecule has 0 aliphatic heterocycles. The predicted molar refractivity (Wildman–Crippen MR) is 78.7 cm³/mol. The van der Waals surface area contributed by atoms with Gasteiger partial charge in [-0.2, -0.15) is 0 Å². The highest BCUT2D eigenvalue weighted by atomic mass is 16.5. The lowest BCUT2D eigenvalue weighted by molar-refractivity contribution is 0.342. The Labute approximate surface area is 124 Å². The van der Waals surface area contributed by atoms with E-state index in [1.54, 1.807) is 14.2 Å². The van der Waals surface area contributed by atoms with Crippen molar-refractivity contribution < 1.29 is 14.0 Å². The Bertz CT molecular complexity index is 609. The van der Waals surface area contributed by atoms with Crippen LogP contribution in [0, 0.1) is 0 Å². The van der Waals surface area contributed by atoms with Crippen molar-refractivity contribution >= 4 is 0 Å². The topological polar surface area (TPSA) is 56.5 Å². The molecule has 0 amide bonds. The number of methoxy groups -OCH3 is 2. The molecule has 112 valence electrons. The van der Waals surface area contributed by atoms with Crippen LogP contribution in [0.5, 0.6) is 11.5 Å². The molecular weight excluding hydrogens is 268 g/mol. The second-order valence-electron chi connectivity index (χ2n) is 5.28. The number of nitrogens with one attached hydrogen (secondary N) is 1. The number of rotatable bonds is 5. The molecular formula is C16H20N2O3. The molecule has 1 atom stereocenters. The Morgan fingerprint density at radius 3 is 2.95 bits per heavy atom. The minimum atomic E-state index is 0.429. The molecule has 0 bridgehead atoms. The van der Waals surface area contributed by atoms with E-state index >= 15 is 0 Å². The number of hydrogen-bond donors (Lipinski definition) is 1. The maximum Gasteiger partial charge on any atom is 0.161 e. The average Bonchev–Trinajstić information content (AvgIpc) is 3.00. The summed E-state index contributed by atoms with van der Waals surface area (Å²) in [5.74, 6) is 2.54. The molecule has 2 aromatic rings. The highest BCUT2D eigenvalue weighted by Crippen LogP contribution is 2.28. The molecule has 0 fully saturated rings. The van der Waals surface area contributed by atoms with Crippen LogP contribution in [0.2, 0.25) is 0 Å². The molecule has 1 heterocycles. The summed E-state index contributed by atoms with van der Waals surface area (Å²) in [7, 11) is 3.30. The zero-order valence-corrected chi connectivity index (χ0v) is 12.4. The highest BCUT2D eigenvalue weighted by Gasteiger charge is 2.21. The fourth-order valence-corrected chi connectivity index (χ4v) is 2.74. The summed E-state index contributed by atoms with van der Waals surface area (Å²) < 4.78 is 15.9. The number of aromatic nitrogens is 1. The van der Waals surface area contributed by atoms with Gasteiger partial charge in [-0.05, 0) is 30.5 Å². The van der Waals surface area contributed by atoms with Crippen molar-refractivity contribution in [3.8, 4) is 11.5 Å². The van der Waals surface area contributed by atoms with Crippen LogP contribution >= 0.6 is 0 Å². The smallest absolute Gasteiger partial charge is 0.161 e. The summed E-state index contributed by atoms with van der Waals surface area (Å²) in [6, 6.07) is 6.43. The monoisotopic (exact) mass is 288 g/mol. The number of ether oxygens (including phenoxy) is 2. The van der Waals surface area contributed by atoms with Gasteiger partial charge < -0.3 is 19.3 Å². The second-order valence-corrected chi connectivity index (χ2v) is 5.28. The molecule has 1 unspecified atom stereocenters. The van der Waals surface area contributed by atoms with Crippen molar-refractivity contribution in [2.45, 2.75) is 31.8 Å². The fraction of sp³-hybridized carbons (Fsp3) is 0.438. The third-order valence-corrected chi connectivity index (χ3v) is 3.97. The Balaban J connectivity index is 1.61. The van der Waals surface area contributed by atoms with Crippen molar-refractivity contribution in [3.05, 3.63) is 41.3 Å². The third-order valence-electron chi connectivity index (χ3n) is 3.97. The van der Waals surface area contributed by atoms with Crippen LogP contribution in [0.4, 0.5) is 0 Å². The first-order chi connectivity index (χ1) is 10.3. The van der Waals surface area contributed by atoms with Crippen LogP contribution in [0.15, 0.2) is 28.9 Å². The normalized spacial score (nSPS) is 17.3. The molecule has 3 rings (SSSR count). The SMILES string of the molecule is COc1ccc(CNC2CCc3cnoc3C2)cc1OC. The van der Waals surface area contributed by atoms with Gasteiger partial charge in [0.15, 0.2) is 11.5 Å². The Morgan fingerprint density at radius 1 is 1.29 bits per heavy atom. The number of fused-ring (bicyclic) bond motifs is 1. The highest BCUT2D eigenvalue weighted by molar-refractivity contribution is 5.42. The molecule has 21 heavy (non-hydrogen) atoms. The molecule has 0 saturated carbocycles. The zero-order valence-electron chi connectivity index (χ0n) is 12.4. The van der Waals surface area contributed by atoms with Gasteiger partial charge >= 0.3 is 0 Å². The largest absolute Gasteiger partial charge is 0.493 e. The lowest BCUT2D eigenvalue weighted by Crippen LogP contribution is -2.33. The lowest BCUT2D eigenvalue weighted by Gasteiger charge is -2.22. The molecule has 5 heteroatoms. The zero-order chi connectivity index (χ0) is 14.7. The molecule has 0 spiro atoms. The van der Waals surface area contributed by atoms with E-state index in [9.17, 15) is 0 Å². The van der Waals surface area contributed by atoms with Crippen molar-refractivity contribution in [1.82, 2.24) is 10.5 Å². The summed E-state index contributed by atoms with van der Waals surface area (Å²) in [4.78, 5) is 0. The van der Waals surface area contributed by atoms with Crippen molar-refractivity contribution in [1.29, 1.82) is 0 Å². The summed E-state index contributed by atoms with van der Waals surface area (Å²) in [6.07, 6.45) is 4.88. The van der Waals surface area contributed by atoms with Crippen LogP contribution in [0.25, 0.3) is 0 Å². The Hall–Kier alpha value is -2.01. The summed E-state index contributed by atoms with van der Waals surface area (Å²) >= 11 is 0. The maximum absolute atomic E-state index is 5.33. The van der Waals surface area contributed by atoms with Crippen molar-refractivity contribution in [3.63, 3.8) is 0 Å². The fourth-order valence-electron chi connectivity index (χ4n) is 2.74. The van der Waals surface area contributed by atoms with Crippen molar-refractivity contribution in [2.75, 3.05) is 14.2 Å². The van der Waals surface area contributed by atoms with Gasteiger partial charge in [0, 0.05) is 24.6 Å². The van der Waals surface area contributed by atoms with E-state index in [1.165, 1.54) is 11.1 Å². The quantitative estimate of drug-likeness (QED) is 0.915. The minimum absolute atomic E-state index is 0.429. The van der Waals surface area contributed by atoms with Gasteiger partial charge in [0.05, 0.1) is 20.4 Å². The lowest BCUT2D eigenvalue weighted by atomic mass is 9.94. The van der Waals surface area contributed by atoms with Gasteiger partial charge in [0.2, 0.25) is 0 Å². The van der Waals surface area contributed by atoms with E-state index in [1.807, 2.05) is 18.3 Å². The molecule has 0 radical (unpaired) electrons. The van der Waals surface area contributed by atoms with E-state index in [2.05, 4.69) is 16.5 Å². The predicted octanol–water partition coefficient (Wildman–Crippen LogP) is 2.34. The minimum Gasteiger partial charge on any atom is -0.493 e. The maximum atomic E-state index is 5.33. The van der Waals surface area contributed by atoms with Gasteiger partial charge in [-0.25, -0.2) is 0 Å². The van der Waals surface area contributed by atoms with Crippen LogP contribution < -0.4 is 14.8 Å². The molecule has 1 aromatic carbocycles. The summed E-state index contributed by atoms with van der Waals surface area (Å²) in [5.41, 5.74) is 2.43. The van der Waals surface area contributed by atoms with Crippen LogP contribution in [0.1, 0.15) is 23.3 Å². The Morgan fingerprint density at radius 2 is 2.14 bits per heavy atom. The van der Waals surface area contributed by atoms with Crippen LogP contribution in [-0.4, -0.2) is 25.4 Å². The first kappa shape index (κ1) is 13.9. The Kier molecular flexibility index (Phi) is 4.10. The van der Waals surface area contributed by atoms with Crippen molar-refractivity contribution in [2.24, 2.45) is 0 Å². The van der Waals surface area contributed by atoms with Gasteiger partial charge in [-0.15, -0.1) is 0 Å². The second kappa shape index (κ2) is 6.18. The number of benzene rings is 1. The molecule has 5 nitrogen and oxygen atoms in total. The molecule has 0 saturated heterocycles. The molecule has 1 aliphatic carbocycles. The standard InChI is InChI=1S/C16H20N2O3/c1-19-14-6-3-11(7-16(14)20-2)9-17-13-5-4-12-10-18-21-15(12)8-13/h3,6-7,10,13,17H,4-5,8-9H2,1-2H3. The molecule has 1 aromatic heterocycles. The number of nitrogens with zero attached hydrogens (tertiary/aromatic N) is 1. The third kappa shape index (κ3) is 3.03. The van der Waals surface area contributed by atoms with Crippen LogP contribution in [0.3, 0.4) is 0 Å². The van der Waals surface area contributed by atoms with E-state index in [-0.39, 0.29) is 0 Å². The van der Waals surface area contributed by atoms with Gasteiger partial charge in [-0.1, -0.05) is 11.2 Å². The molecule has 1 aliphatic rings. The first-order valence-corrected chi connectivity index (χ1v) is 7.17. The number of hydrogen-bond acceptors (Lipinski definition) is 5. The van der Waals surface area contributed by atoms with E-state index in [0.717, 1.165) is 43.1 Å². The summed E-state index contributed by atoms with van der Waals surface area (Å²) in [5, 5.41) is 7.44. The van der Waals surface area contributed by atoms with Gasteiger partial charge in [0.25, 0.3) is 0 Å². The van der Waals surface area contributed by atoms with Gasteiger partial charge in [-0.3, -0.25) is 0 Å². The average molecular weight is 288 g/mol. The van der Waals surface area contributed by atoms with E-state index < -0.39 is 0 Å². The molecule has 1 N–H and O–H groups in total. The van der Waals surface area contributed by atoms with E-state index in [4.69, 9.17) is 14.0 Å². The van der Waals surface area contributed by atoms with Crippen LogP contribution in [-0.2, 0) is 19.4 Å². The van der Waals surface area contributed by atoms with E-state index in [0.29, 0.717) is 6.04 Å². The number of aryl methyl sites for hydroxylation is 1.